The number of nitrogens with zero attached hydrogens (tertiary/aromatic N) is 3. The van der Waals surface area contributed by atoms with Gasteiger partial charge in [-0.25, -0.2) is 14.2 Å². The maximum atomic E-state index is 14.6. The van der Waals surface area contributed by atoms with Crippen molar-refractivity contribution >= 4 is 22.8 Å². The van der Waals surface area contributed by atoms with Crippen LogP contribution in [0.2, 0.25) is 0 Å². The molecule has 9 heteroatoms. The molecule has 1 aromatic carbocycles. The van der Waals surface area contributed by atoms with E-state index in [1.54, 1.807) is 30.2 Å². The van der Waals surface area contributed by atoms with E-state index in [1.807, 2.05) is 0 Å². The van der Waals surface area contributed by atoms with Gasteiger partial charge in [0.05, 0.1) is 26.2 Å². The number of aromatic carboxylic acids is 1. The lowest BCUT2D eigenvalue weighted by Crippen LogP contribution is -2.38. The van der Waals surface area contributed by atoms with Gasteiger partial charge in [-0.05, 0) is 24.6 Å². The second kappa shape index (κ2) is 7.66. The number of pyridine rings is 2. The predicted molar refractivity (Wildman–Crippen MR) is 108 cm³/mol. The Balaban J connectivity index is 1.92. The Morgan fingerprint density at radius 2 is 2.00 bits per heavy atom. The zero-order valence-corrected chi connectivity index (χ0v) is 16.5. The molecule has 4 rings (SSSR count). The van der Waals surface area contributed by atoms with Crippen LogP contribution in [-0.2, 0) is 6.54 Å². The Labute approximate surface area is 171 Å². The van der Waals surface area contributed by atoms with Gasteiger partial charge in [-0.3, -0.25) is 4.79 Å². The molecule has 0 radical (unpaired) electrons. The van der Waals surface area contributed by atoms with Crippen molar-refractivity contribution in [3.63, 3.8) is 0 Å². The van der Waals surface area contributed by atoms with Crippen molar-refractivity contribution in [2.75, 3.05) is 32.2 Å². The molecule has 0 atom stereocenters. The number of fused-ring (bicyclic) bond motifs is 1. The lowest BCUT2D eigenvalue weighted by Gasteiger charge is -2.32. The highest BCUT2D eigenvalue weighted by Crippen LogP contribution is 2.28. The monoisotopic (exact) mass is 413 g/mol. The lowest BCUT2D eigenvalue weighted by molar-refractivity contribution is 0.0695. The minimum atomic E-state index is -1.38. The minimum absolute atomic E-state index is 0.0795. The van der Waals surface area contributed by atoms with E-state index in [1.165, 1.54) is 17.9 Å². The van der Waals surface area contributed by atoms with Crippen LogP contribution < -0.4 is 19.8 Å². The van der Waals surface area contributed by atoms with Crippen LogP contribution in [0.3, 0.4) is 0 Å². The summed E-state index contributed by atoms with van der Waals surface area (Å²) in [5.74, 6) is -0.735. The van der Waals surface area contributed by atoms with Gasteiger partial charge in [0, 0.05) is 30.9 Å². The molecule has 1 N–H and O–H groups in total. The summed E-state index contributed by atoms with van der Waals surface area (Å²) >= 11 is 0. The minimum Gasteiger partial charge on any atom is -0.497 e. The van der Waals surface area contributed by atoms with Gasteiger partial charge in [0.25, 0.3) is 0 Å². The molecular weight excluding hydrogens is 393 g/mol. The molecule has 0 unspecified atom stereocenters. The van der Waals surface area contributed by atoms with Crippen molar-refractivity contribution in [1.82, 2.24) is 9.55 Å². The molecule has 0 aliphatic carbocycles. The number of aromatic nitrogens is 2. The van der Waals surface area contributed by atoms with Crippen LogP contribution >= 0.6 is 0 Å². The predicted octanol–water partition coefficient (Wildman–Crippen LogP) is 2.51. The Morgan fingerprint density at radius 3 is 2.60 bits per heavy atom. The Morgan fingerprint density at radius 1 is 1.23 bits per heavy atom. The number of methoxy groups -OCH3 is 2. The van der Waals surface area contributed by atoms with Crippen molar-refractivity contribution in [1.29, 1.82) is 0 Å². The van der Waals surface area contributed by atoms with Crippen molar-refractivity contribution in [2.24, 2.45) is 0 Å². The number of carbonyl (C=O) groups is 1. The number of carboxylic acid groups (broad SMARTS) is 1. The molecule has 2 aromatic heterocycles. The highest BCUT2D eigenvalue weighted by atomic mass is 19.1. The highest BCUT2D eigenvalue weighted by Gasteiger charge is 2.24. The number of ether oxygens (including phenoxy) is 2. The van der Waals surface area contributed by atoms with Crippen LogP contribution in [0.4, 0.5) is 10.2 Å². The fourth-order valence-electron chi connectivity index (χ4n) is 3.47. The molecule has 0 bridgehead atoms. The summed E-state index contributed by atoms with van der Waals surface area (Å²) in [6, 6.07) is 6.31. The quantitative estimate of drug-likeness (QED) is 0.664. The van der Waals surface area contributed by atoms with E-state index in [4.69, 9.17) is 9.47 Å². The molecule has 156 valence electrons. The molecule has 3 heterocycles. The average molecular weight is 413 g/mol. The molecular formula is C21H20FN3O5. The van der Waals surface area contributed by atoms with Crippen LogP contribution in [0.25, 0.3) is 11.0 Å². The van der Waals surface area contributed by atoms with Gasteiger partial charge < -0.3 is 24.0 Å². The average Bonchev–Trinajstić information content (AvgIpc) is 2.69. The standard InChI is InChI=1S/C21H20FN3O5/c1-29-13-5-4-12(17(8-13)30-2)10-25-11-15(21(27)28)18(26)14-9-16(22)20(23-19(14)25)24-6-3-7-24/h4-5,8-9,11H,3,6-7,10H2,1-2H3,(H,27,28). The highest BCUT2D eigenvalue weighted by molar-refractivity contribution is 5.92. The summed E-state index contributed by atoms with van der Waals surface area (Å²) in [6.45, 7) is 1.53. The fourth-order valence-corrected chi connectivity index (χ4v) is 3.47. The first-order valence-corrected chi connectivity index (χ1v) is 9.35. The molecule has 1 fully saturated rings. The van der Waals surface area contributed by atoms with Crippen molar-refractivity contribution < 1.29 is 23.8 Å². The molecule has 0 spiro atoms. The topological polar surface area (TPSA) is 93.9 Å². The number of benzene rings is 1. The van der Waals surface area contributed by atoms with Gasteiger partial charge in [-0.15, -0.1) is 0 Å². The van der Waals surface area contributed by atoms with E-state index in [-0.39, 0.29) is 23.4 Å². The summed E-state index contributed by atoms with van der Waals surface area (Å²) in [6.07, 6.45) is 2.18. The fraction of sp³-hybridized carbons (Fsp3) is 0.286. The third kappa shape index (κ3) is 3.32. The number of hydrogen-bond donors (Lipinski definition) is 1. The smallest absolute Gasteiger partial charge is 0.341 e. The molecule has 1 aliphatic rings. The SMILES string of the molecule is COc1ccc(Cn2cc(C(=O)O)c(=O)c3cc(F)c(N4CCC4)nc32)c(OC)c1. The first-order chi connectivity index (χ1) is 14.4. The van der Waals surface area contributed by atoms with E-state index >= 15 is 0 Å². The van der Waals surface area contributed by atoms with Gasteiger partial charge in [0.15, 0.2) is 11.6 Å². The van der Waals surface area contributed by atoms with Crippen LogP contribution in [-0.4, -0.2) is 47.9 Å². The molecule has 0 amide bonds. The largest absolute Gasteiger partial charge is 0.497 e. The van der Waals surface area contributed by atoms with Gasteiger partial charge in [0.1, 0.15) is 22.7 Å². The maximum absolute atomic E-state index is 14.6. The number of anilines is 1. The second-order valence-corrected chi connectivity index (χ2v) is 6.99. The number of rotatable bonds is 6. The van der Waals surface area contributed by atoms with Gasteiger partial charge in [0.2, 0.25) is 5.43 Å². The van der Waals surface area contributed by atoms with E-state index in [0.717, 1.165) is 18.1 Å². The zero-order chi connectivity index (χ0) is 21.4. The van der Waals surface area contributed by atoms with E-state index in [0.29, 0.717) is 24.6 Å². The van der Waals surface area contributed by atoms with Crippen LogP contribution in [0.15, 0.2) is 35.3 Å². The van der Waals surface area contributed by atoms with Crippen LogP contribution in [0.1, 0.15) is 22.3 Å². The third-order valence-corrected chi connectivity index (χ3v) is 5.20. The summed E-state index contributed by atoms with van der Waals surface area (Å²) in [4.78, 5) is 30.4. The molecule has 0 saturated carbocycles. The summed E-state index contributed by atoms with van der Waals surface area (Å²) < 4.78 is 26.8. The van der Waals surface area contributed by atoms with Crippen molar-refractivity contribution in [3.8, 4) is 11.5 Å². The van der Waals surface area contributed by atoms with Crippen LogP contribution in [0, 0.1) is 5.82 Å². The first kappa shape index (κ1) is 19.7. The lowest BCUT2D eigenvalue weighted by atomic mass is 10.1. The number of carboxylic acids is 1. The van der Waals surface area contributed by atoms with Gasteiger partial charge in [-0.1, -0.05) is 0 Å². The van der Waals surface area contributed by atoms with Crippen molar-refractivity contribution in [3.05, 3.63) is 57.6 Å². The Hall–Kier alpha value is -3.62. The molecule has 3 aromatic rings. The van der Waals surface area contributed by atoms with Gasteiger partial charge >= 0.3 is 5.97 Å². The van der Waals surface area contributed by atoms with E-state index in [9.17, 15) is 19.1 Å². The Kier molecular flexibility index (Phi) is 5.03. The molecule has 1 saturated heterocycles. The summed E-state index contributed by atoms with van der Waals surface area (Å²) in [5, 5.41) is 9.39. The van der Waals surface area contributed by atoms with Crippen LogP contribution in [0.5, 0.6) is 11.5 Å². The Bertz CT molecular complexity index is 1200. The molecule has 8 nitrogen and oxygen atoms in total. The molecule has 1 aliphatic heterocycles. The summed E-state index contributed by atoms with van der Waals surface area (Å²) in [5.41, 5.74) is -0.285. The molecule has 30 heavy (non-hydrogen) atoms. The number of hydrogen-bond acceptors (Lipinski definition) is 6. The van der Waals surface area contributed by atoms with E-state index < -0.39 is 22.8 Å². The maximum Gasteiger partial charge on any atom is 0.341 e. The zero-order valence-electron chi connectivity index (χ0n) is 16.5. The normalized spacial score (nSPS) is 13.2. The van der Waals surface area contributed by atoms with E-state index in [2.05, 4.69) is 4.98 Å². The van der Waals surface area contributed by atoms with Gasteiger partial charge in [-0.2, -0.15) is 0 Å². The third-order valence-electron chi connectivity index (χ3n) is 5.20. The second-order valence-electron chi connectivity index (χ2n) is 6.99. The summed E-state index contributed by atoms with van der Waals surface area (Å²) in [7, 11) is 3.05. The van der Waals surface area contributed by atoms with Crippen molar-refractivity contribution in [2.45, 2.75) is 13.0 Å². The number of halogens is 1. The first-order valence-electron chi connectivity index (χ1n) is 9.35.